The van der Waals surface area contributed by atoms with Gasteiger partial charge in [-0.25, -0.2) is 0 Å². The third-order valence-electron chi connectivity index (χ3n) is 5.59. The number of hydrogen-bond acceptors (Lipinski definition) is 3. The Hall–Kier alpha value is -1.84. The molecule has 0 heterocycles. The molecule has 4 nitrogen and oxygen atoms in total. The Morgan fingerprint density at radius 3 is 2.13 bits per heavy atom. The lowest BCUT2D eigenvalue weighted by Gasteiger charge is -2.37. The van der Waals surface area contributed by atoms with E-state index in [2.05, 4.69) is 12.1 Å². The number of aliphatic carboxylic acids is 1. The monoisotopic (exact) mass is 316 g/mol. The van der Waals surface area contributed by atoms with Crippen molar-refractivity contribution in [2.24, 2.45) is 11.3 Å². The van der Waals surface area contributed by atoms with Gasteiger partial charge < -0.3 is 9.84 Å². The number of rotatable bonds is 4. The van der Waals surface area contributed by atoms with Gasteiger partial charge in [-0.15, -0.1) is 0 Å². The first-order valence-corrected chi connectivity index (χ1v) is 8.39. The standard InChI is InChI=1S/C19H24O4/c1-18(2,16(20)21)17(22)23-19(9-5-6-10-19)15-11-13-7-3-4-8-14(13)12-15/h3-4,7-8,15H,5-6,9-12H2,1-2H3,(H,20,21). The predicted octanol–water partition coefficient (Wildman–Crippen LogP) is 3.37. The molecule has 1 aromatic carbocycles. The molecule has 0 saturated heterocycles. The second-order valence-electron chi connectivity index (χ2n) is 7.47. The zero-order valence-corrected chi connectivity index (χ0v) is 13.8. The molecule has 2 aliphatic carbocycles. The van der Waals surface area contributed by atoms with E-state index in [1.807, 2.05) is 12.1 Å². The number of hydrogen-bond donors (Lipinski definition) is 1. The minimum atomic E-state index is -1.50. The van der Waals surface area contributed by atoms with E-state index in [-0.39, 0.29) is 5.92 Å². The topological polar surface area (TPSA) is 63.6 Å². The van der Waals surface area contributed by atoms with Crippen molar-refractivity contribution < 1.29 is 19.4 Å². The molecule has 1 fully saturated rings. The van der Waals surface area contributed by atoms with Crippen molar-refractivity contribution in [2.75, 3.05) is 0 Å². The van der Waals surface area contributed by atoms with E-state index in [0.29, 0.717) is 0 Å². The van der Waals surface area contributed by atoms with Crippen molar-refractivity contribution in [3.05, 3.63) is 35.4 Å². The summed E-state index contributed by atoms with van der Waals surface area (Å²) in [7, 11) is 0. The Bertz CT molecular complexity index is 601. The van der Waals surface area contributed by atoms with Crippen LogP contribution in [-0.4, -0.2) is 22.6 Å². The second kappa shape index (κ2) is 5.66. The van der Waals surface area contributed by atoms with E-state index in [9.17, 15) is 14.7 Å². The Balaban J connectivity index is 1.82. The minimum absolute atomic E-state index is 0.260. The molecule has 4 heteroatoms. The first-order valence-electron chi connectivity index (χ1n) is 8.39. The molecule has 0 radical (unpaired) electrons. The molecule has 3 rings (SSSR count). The maximum absolute atomic E-state index is 12.5. The smallest absolute Gasteiger partial charge is 0.323 e. The predicted molar refractivity (Wildman–Crippen MR) is 86.0 cm³/mol. The van der Waals surface area contributed by atoms with Crippen LogP contribution in [0.1, 0.15) is 50.7 Å². The molecule has 1 N–H and O–H groups in total. The maximum atomic E-state index is 12.5. The van der Waals surface area contributed by atoms with Crippen LogP contribution in [-0.2, 0) is 27.2 Å². The average molecular weight is 316 g/mol. The van der Waals surface area contributed by atoms with E-state index in [4.69, 9.17) is 4.74 Å². The summed E-state index contributed by atoms with van der Waals surface area (Å²) in [5.74, 6) is -1.48. The number of benzene rings is 1. The number of carboxylic acids is 1. The fraction of sp³-hybridized carbons (Fsp3) is 0.579. The van der Waals surface area contributed by atoms with Crippen LogP contribution in [0, 0.1) is 11.3 Å². The van der Waals surface area contributed by atoms with Crippen LogP contribution in [0.25, 0.3) is 0 Å². The molecule has 0 aromatic heterocycles. The van der Waals surface area contributed by atoms with Gasteiger partial charge in [-0.2, -0.15) is 0 Å². The SMILES string of the molecule is CC(C)(C(=O)O)C(=O)OC1(C2Cc3ccccc3C2)CCCC1. The lowest BCUT2D eigenvalue weighted by molar-refractivity contribution is -0.182. The summed E-state index contributed by atoms with van der Waals surface area (Å²) in [4.78, 5) is 23.8. The van der Waals surface area contributed by atoms with Gasteiger partial charge in [0.15, 0.2) is 5.41 Å². The summed E-state index contributed by atoms with van der Waals surface area (Å²) >= 11 is 0. The van der Waals surface area contributed by atoms with Gasteiger partial charge in [-0.1, -0.05) is 24.3 Å². The molecule has 1 aromatic rings. The maximum Gasteiger partial charge on any atom is 0.323 e. The van der Waals surface area contributed by atoms with Gasteiger partial charge in [0.2, 0.25) is 0 Å². The summed E-state index contributed by atoms with van der Waals surface area (Å²) in [6.45, 7) is 2.84. The molecule has 0 aliphatic heterocycles. The zero-order valence-electron chi connectivity index (χ0n) is 13.8. The van der Waals surface area contributed by atoms with Gasteiger partial charge in [0.25, 0.3) is 0 Å². The molecule has 0 spiro atoms. The highest BCUT2D eigenvalue weighted by molar-refractivity contribution is 5.98. The average Bonchev–Trinajstić information content (AvgIpc) is 3.13. The molecular formula is C19H24O4. The number of carbonyl (C=O) groups excluding carboxylic acids is 1. The molecule has 0 atom stereocenters. The summed E-state index contributed by atoms with van der Waals surface area (Å²) in [6.07, 6.45) is 5.58. The van der Waals surface area contributed by atoms with Crippen LogP contribution in [0.5, 0.6) is 0 Å². The van der Waals surface area contributed by atoms with E-state index in [1.165, 1.54) is 25.0 Å². The van der Waals surface area contributed by atoms with Crippen LogP contribution >= 0.6 is 0 Å². The van der Waals surface area contributed by atoms with Crippen molar-refractivity contribution in [3.63, 3.8) is 0 Å². The lowest BCUT2D eigenvalue weighted by atomic mass is 9.82. The highest BCUT2D eigenvalue weighted by Crippen LogP contribution is 2.46. The first kappa shape index (κ1) is 16.0. The van der Waals surface area contributed by atoms with Gasteiger partial charge in [-0.05, 0) is 63.5 Å². The number of ether oxygens (including phenoxy) is 1. The number of esters is 1. The number of carboxylic acid groups (broad SMARTS) is 1. The lowest BCUT2D eigenvalue weighted by Crippen LogP contribution is -2.46. The quantitative estimate of drug-likeness (QED) is 0.683. The van der Waals surface area contributed by atoms with Crippen LogP contribution in [0.15, 0.2) is 24.3 Å². The van der Waals surface area contributed by atoms with Crippen LogP contribution in [0.2, 0.25) is 0 Å². The van der Waals surface area contributed by atoms with Crippen molar-refractivity contribution in [2.45, 2.75) is 58.0 Å². The van der Waals surface area contributed by atoms with E-state index in [0.717, 1.165) is 38.5 Å². The fourth-order valence-corrected chi connectivity index (χ4v) is 3.90. The highest BCUT2D eigenvalue weighted by Gasteiger charge is 2.50. The van der Waals surface area contributed by atoms with Crippen molar-refractivity contribution in [1.82, 2.24) is 0 Å². The number of carbonyl (C=O) groups is 2. The van der Waals surface area contributed by atoms with Gasteiger partial charge in [-0.3, -0.25) is 9.59 Å². The summed E-state index contributed by atoms with van der Waals surface area (Å²) < 4.78 is 5.92. The molecule has 0 bridgehead atoms. The minimum Gasteiger partial charge on any atom is -0.480 e. The summed E-state index contributed by atoms with van der Waals surface area (Å²) in [6, 6.07) is 8.37. The highest BCUT2D eigenvalue weighted by atomic mass is 16.6. The van der Waals surface area contributed by atoms with E-state index < -0.39 is 23.0 Å². The van der Waals surface area contributed by atoms with Gasteiger partial charge in [0.1, 0.15) is 5.60 Å². The number of fused-ring (bicyclic) bond motifs is 1. The van der Waals surface area contributed by atoms with Gasteiger partial charge in [0, 0.05) is 5.92 Å². The summed E-state index contributed by atoms with van der Waals surface area (Å²) in [5, 5.41) is 9.28. The molecule has 1 saturated carbocycles. The third kappa shape index (κ3) is 2.75. The Labute approximate surface area is 136 Å². The molecule has 0 unspecified atom stereocenters. The Morgan fingerprint density at radius 1 is 1.13 bits per heavy atom. The zero-order chi connectivity index (χ0) is 16.7. The van der Waals surface area contributed by atoms with Crippen molar-refractivity contribution >= 4 is 11.9 Å². The molecule has 124 valence electrons. The molecule has 23 heavy (non-hydrogen) atoms. The Kier molecular flexibility index (Phi) is 3.95. The first-order chi connectivity index (χ1) is 10.8. The van der Waals surface area contributed by atoms with E-state index >= 15 is 0 Å². The van der Waals surface area contributed by atoms with Crippen molar-refractivity contribution in [3.8, 4) is 0 Å². The summed E-state index contributed by atoms with van der Waals surface area (Å²) in [5.41, 5.74) is 0.666. The van der Waals surface area contributed by atoms with E-state index in [1.54, 1.807) is 0 Å². The molecule has 2 aliphatic rings. The van der Waals surface area contributed by atoms with Crippen molar-refractivity contribution in [1.29, 1.82) is 0 Å². The fourth-order valence-electron chi connectivity index (χ4n) is 3.90. The third-order valence-corrected chi connectivity index (χ3v) is 5.59. The Morgan fingerprint density at radius 2 is 1.65 bits per heavy atom. The second-order valence-corrected chi connectivity index (χ2v) is 7.47. The molecule has 0 amide bonds. The normalized spacial score (nSPS) is 20.3. The van der Waals surface area contributed by atoms with Gasteiger partial charge in [0.05, 0.1) is 0 Å². The molecular weight excluding hydrogens is 292 g/mol. The van der Waals surface area contributed by atoms with Gasteiger partial charge >= 0.3 is 11.9 Å². The largest absolute Gasteiger partial charge is 0.480 e. The van der Waals surface area contributed by atoms with Crippen LogP contribution in [0.4, 0.5) is 0 Å². The van der Waals surface area contributed by atoms with Crippen LogP contribution in [0.3, 0.4) is 0 Å². The van der Waals surface area contributed by atoms with Crippen LogP contribution < -0.4 is 0 Å².